The van der Waals surface area contributed by atoms with E-state index in [0.29, 0.717) is 18.9 Å². The number of hydrogen-bond acceptors (Lipinski definition) is 8. The minimum absolute atomic E-state index is 0.0268. The molecule has 276 valence electrons. The van der Waals surface area contributed by atoms with Gasteiger partial charge in [0.1, 0.15) is 5.82 Å². The maximum Gasteiger partial charge on any atom is 0.239 e. The van der Waals surface area contributed by atoms with Crippen molar-refractivity contribution in [3.05, 3.63) is 108 Å². The summed E-state index contributed by atoms with van der Waals surface area (Å²) < 4.78 is 13.6. The fourth-order valence-corrected chi connectivity index (χ4v) is 5.32. The first-order valence-corrected chi connectivity index (χ1v) is 19.2. The number of halogens is 1. The molecule has 0 aliphatic heterocycles. The molecular weight excluding hydrogens is 682 g/mol. The van der Waals surface area contributed by atoms with Crippen LogP contribution in [0.15, 0.2) is 96.0 Å². The van der Waals surface area contributed by atoms with E-state index in [1.165, 1.54) is 12.1 Å². The maximum atomic E-state index is 13.6. The molecule has 0 saturated heterocycles. The summed E-state index contributed by atoms with van der Waals surface area (Å²) in [6, 6.07) is 25.4. The van der Waals surface area contributed by atoms with Crippen LogP contribution in [0, 0.1) is 11.7 Å². The van der Waals surface area contributed by atoms with E-state index >= 15 is 0 Å². The number of nitrogens with zero attached hydrogens (tertiary/aromatic N) is 1. The average molecular weight is 736 g/mol. The largest absolute Gasteiger partial charge is 0.390 e. The highest BCUT2D eigenvalue weighted by atomic mass is 32.2. The van der Waals surface area contributed by atoms with Crippen molar-refractivity contribution in [1.82, 2.24) is 26.3 Å². The van der Waals surface area contributed by atoms with Crippen molar-refractivity contribution < 1.29 is 19.1 Å². The van der Waals surface area contributed by atoms with E-state index in [9.17, 15) is 19.1 Å². The maximum absolute atomic E-state index is 13.6. The predicted octanol–water partition coefficient (Wildman–Crippen LogP) is 6.14. The van der Waals surface area contributed by atoms with Gasteiger partial charge in [0.25, 0.3) is 0 Å². The summed E-state index contributed by atoms with van der Waals surface area (Å²) in [5.74, 6) is -0.540. The monoisotopic (exact) mass is 735 g/mol. The van der Waals surface area contributed by atoms with Gasteiger partial charge in [-0.3, -0.25) is 19.9 Å². The van der Waals surface area contributed by atoms with Crippen LogP contribution in [0.2, 0.25) is 0 Å². The van der Waals surface area contributed by atoms with Crippen LogP contribution in [0.25, 0.3) is 10.9 Å². The van der Waals surface area contributed by atoms with Crippen molar-refractivity contribution in [2.75, 3.05) is 32.4 Å². The second kappa shape index (κ2) is 21.8. The molecule has 8 nitrogen and oxygen atoms in total. The molecule has 1 aromatic heterocycles. The zero-order valence-electron chi connectivity index (χ0n) is 30.4. The summed E-state index contributed by atoms with van der Waals surface area (Å²) >= 11 is 6.11. The number of carbonyl (C=O) groups is 2. The van der Waals surface area contributed by atoms with Crippen LogP contribution in [0.1, 0.15) is 51.7 Å². The first-order valence-electron chi connectivity index (χ1n) is 17.5. The number of aliphatic hydroxyl groups excluding tert-OH is 1. The number of fused-ring (bicyclic) bond motifs is 1. The molecule has 11 heteroatoms. The smallest absolute Gasteiger partial charge is 0.239 e. The Morgan fingerprint density at radius 3 is 2.29 bits per heavy atom. The Balaban J connectivity index is 0.000000358. The van der Waals surface area contributed by atoms with Crippen LogP contribution in [-0.2, 0) is 21.5 Å². The molecule has 0 bridgehead atoms. The number of carbonyl (C=O) groups excluding carboxylic acids is 2. The molecule has 5 rings (SSSR count). The number of amides is 2. The van der Waals surface area contributed by atoms with Gasteiger partial charge in [0, 0.05) is 28.6 Å². The zero-order valence-corrected chi connectivity index (χ0v) is 32.1. The van der Waals surface area contributed by atoms with Gasteiger partial charge in [-0.15, -0.1) is 12.6 Å². The molecule has 1 aliphatic carbocycles. The number of benzene rings is 3. The minimum atomic E-state index is -0.781. The van der Waals surface area contributed by atoms with Crippen LogP contribution in [0.4, 0.5) is 4.39 Å². The first-order chi connectivity index (χ1) is 24.4. The third-order valence-corrected chi connectivity index (χ3v) is 9.45. The third kappa shape index (κ3) is 15.7. The third-order valence-electron chi connectivity index (χ3n) is 8.23. The van der Waals surface area contributed by atoms with Crippen molar-refractivity contribution in [3.8, 4) is 0 Å². The highest BCUT2D eigenvalue weighted by Gasteiger charge is 2.44. The summed E-state index contributed by atoms with van der Waals surface area (Å²) in [6.07, 6.45) is 5.26. The van der Waals surface area contributed by atoms with Gasteiger partial charge in [0.15, 0.2) is 0 Å². The topological polar surface area (TPSA) is 115 Å². The highest BCUT2D eigenvalue weighted by Crippen LogP contribution is 2.45. The quantitative estimate of drug-likeness (QED) is 0.0814. The standard InChI is InChI=1S/C27H37FN4O3.C9H7NS.C4H10S/c1-19(2)15-29-16-24(33)23(13-20-7-4-3-5-8-20)32-26(35)17-30-25(34)18-31-27(11-12-27)21-9-6-10-22(28)14-21;11-8-3-4-9-7(6-8)2-1-5-10-9;1-4(2)5-3/h3-10,14,19,23-24,29,31,33H,11-13,15-18H2,1-2H3,(H,30,34)(H,32,35);1-6,11H;4H,1-3H3/t23-,24+;;/m0../s1. The summed E-state index contributed by atoms with van der Waals surface area (Å²) in [7, 11) is 0. The predicted molar refractivity (Wildman–Crippen MR) is 212 cm³/mol. The highest BCUT2D eigenvalue weighted by molar-refractivity contribution is 7.99. The Hall–Kier alpha value is -3.48. The summed E-state index contributed by atoms with van der Waals surface area (Å²) in [4.78, 5) is 30.1. The molecule has 0 unspecified atom stereocenters. The number of nitrogens with one attached hydrogen (secondary N) is 4. The van der Waals surface area contributed by atoms with E-state index in [2.05, 4.69) is 72.8 Å². The van der Waals surface area contributed by atoms with Crippen LogP contribution in [0.3, 0.4) is 0 Å². The zero-order chi connectivity index (χ0) is 37.2. The van der Waals surface area contributed by atoms with E-state index in [1.54, 1.807) is 12.3 Å². The first kappa shape index (κ1) is 41.9. The Labute approximate surface area is 312 Å². The second-order valence-corrected chi connectivity index (χ2v) is 15.3. The van der Waals surface area contributed by atoms with E-state index < -0.39 is 12.1 Å². The molecule has 2 atom stereocenters. The number of aromatic nitrogens is 1. The van der Waals surface area contributed by atoms with Crippen molar-refractivity contribution in [3.63, 3.8) is 0 Å². The fourth-order valence-electron chi connectivity index (χ4n) is 5.10. The lowest BCUT2D eigenvalue weighted by atomic mass is 10.0. The minimum Gasteiger partial charge on any atom is -0.390 e. The summed E-state index contributed by atoms with van der Waals surface area (Å²) in [5.41, 5.74) is 2.47. The Morgan fingerprint density at radius 2 is 1.65 bits per heavy atom. The molecule has 4 aromatic rings. The van der Waals surface area contributed by atoms with Gasteiger partial charge in [-0.2, -0.15) is 11.8 Å². The molecule has 1 aliphatic rings. The Morgan fingerprint density at radius 1 is 0.922 bits per heavy atom. The van der Waals surface area contributed by atoms with Gasteiger partial charge in [0.2, 0.25) is 11.8 Å². The van der Waals surface area contributed by atoms with Crippen molar-refractivity contribution in [1.29, 1.82) is 0 Å². The Kier molecular flexibility index (Phi) is 17.9. The molecule has 0 radical (unpaired) electrons. The average Bonchev–Trinajstić information content (AvgIpc) is 3.91. The van der Waals surface area contributed by atoms with Gasteiger partial charge >= 0.3 is 0 Å². The van der Waals surface area contributed by atoms with Crippen LogP contribution in [0.5, 0.6) is 0 Å². The molecule has 1 saturated carbocycles. The normalized spacial score (nSPS) is 14.1. The van der Waals surface area contributed by atoms with Crippen LogP contribution < -0.4 is 21.3 Å². The molecule has 3 aromatic carbocycles. The van der Waals surface area contributed by atoms with Gasteiger partial charge in [0.05, 0.1) is 30.8 Å². The van der Waals surface area contributed by atoms with Gasteiger partial charge in [-0.25, -0.2) is 4.39 Å². The van der Waals surface area contributed by atoms with Crippen LogP contribution in [-0.4, -0.2) is 71.7 Å². The lowest BCUT2D eigenvalue weighted by molar-refractivity contribution is -0.126. The molecule has 1 heterocycles. The van der Waals surface area contributed by atoms with Gasteiger partial charge in [-0.05, 0) is 90.8 Å². The molecule has 5 N–H and O–H groups in total. The van der Waals surface area contributed by atoms with Crippen molar-refractivity contribution in [2.45, 2.75) is 74.8 Å². The van der Waals surface area contributed by atoms with E-state index in [0.717, 1.165) is 51.6 Å². The number of thiol groups is 1. The van der Waals surface area contributed by atoms with Gasteiger partial charge < -0.3 is 21.1 Å². The van der Waals surface area contributed by atoms with Crippen molar-refractivity contribution in [2.24, 2.45) is 5.92 Å². The fraction of sp³-hybridized carbons (Fsp3) is 0.425. The molecule has 0 spiro atoms. The molecule has 1 fully saturated rings. The Bertz CT molecular complexity index is 1640. The second-order valence-electron chi connectivity index (χ2n) is 13.4. The van der Waals surface area contributed by atoms with Crippen LogP contribution >= 0.6 is 24.4 Å². The summed E-state index contributed by atoms with van der Waals surface area (Å²) in [6.45, 7) is 9.50. The van der Waals surface area contributed by atoms with Gasteiger partial charge in [-0.1, -0.05) is 76.2 Å². The number of thioether (sulfide) groups is 1. The van der Waals surface area contributed by atoms with Crippen molar-refractivity contribution >= 4 is 47.1 Å². The SMILES string of the molecule is CC(C)CNC[C@@H](O)[C@H](Cc1ccccc1)NC(=O)CNC(=O)CNC1(c2cccc(F)c2)CC1.CSC(C)C.Sc1ccc2ncccc2c1. The number of pyridine rings is 1. The van der Waals surface area contributed by atoms with E-state index in [-0.39, 0.29) is 36.3 Å². The number of rotatable bonds is 15. The summed E-state index contributed by atoms with van der Waals surface area (Å²) in [5, 5.41) is 24.6. The molecule has 51 heavy (non-hydrogen) atoms. The lowest BCUT2D eigenvalue weighted by Crippen LogP contribution is -2.51. The van der Waals surface area contributed by atoms with E-state index in [4.69, 9.17) is 0 Å². The molecule has 2 amide bonds. The lowest BCUT2D eigenvalue weighted by Gasteiger charge is -2.25. The number of hydrogen-bond donors (Lipinski definition) is 6. The number of aliphatic hydroxyl groups is 1. The molecular formula is C40H54FN5O3S2. The van der Waals surface area contributed by atoms with E-state index in [1.807, 2.05) is 78.5 Å².